The number of aromatic nitrogens is 4. The van der Waals surface area contributed by atoms with Crippen molar-refractivity contribution >= 4 is 5.91 Å². The van der Waals surface area contributed by atoms with Gasteiger partial charge < -0.3 is 9.88 Å². The van der Waals surface area contributed by atoms with E-state index in [0.717, 1.165) is 36.7 Å². The van der Waals surface area contributed by atoms with E-state index in [4.69, 9.17) is 0 Å². The highest BCUT2D eigenvalue weighted by atomic mass is 16.2. The lowest BCUT2D eigenvalue weighted by Gasteiger charge is -2.33. The number of hydrogen-bond acceptors (Lipinski definition) is 4. The Hall–Kier alpha value is -2.15. The monoisotopic (exact) mass is 328 g/mol. The summed E-state index contributed by atoms with van der Waals surface area (Å²) < 4.78 is 3.94. The summed E-state index contributed by atoms with van der Waals surface area (Å²) in [5, 5.41) is 7.53. The second kappa shape index (κ2) is 6.05. The second-order valence-electron chi connectivity index (χ2n) is 7.07. The quantitative estimate of drug-likeness (QED) is 0.889. The number of aryl methyl sites for hydroxylation is 2. The van der Waals surface area contributed by atoms with Crippen LogP contribution in [-0.4, -0.2) is 43.2 Å². The first-order chi connectivity index (χ1) is 11.6. The van der Waals surface area contributed by atoms with E-state index in [-0.39, 0.29) is 11.9 Å². The molecule has 3 heterocycles. The molecule has 1 aliphatic heterocycles. The topological polar surface area (TPSA) is 68.0 Å². The molecule has 1 atom stereocenters. The standard InChI is InChI=1S/C17H24N6O/c1-12-5-14(21(2)20-12)8-22-9-15-7-18-11-23(15)16(10-22)17(24)19-6-13-3-4-13/h5,7,11,13,16H,3-4,6,8-10H2,1-2H3,(H,19,24)/t16-/m1/s1. The van der Waals surface area contributed by atoms with Crippen molar-refractivity contribution in [2.45, 2.75) is 38.9 Å². The maximum Gasteiger partial charge on any atom is 0.244 e. The van der Waals surface area contributed by atoms with E-state index < -0.39 is 0 Å². The van der Waals surface area contributed by atoms with Crippen molar-refractivity contribution in [1.29, 1.82) is 0 Å². The van der Waals surface area contributed by atoms with Gasteiger partial charge in [0.25, 0.3) is 0 Å². The average molecular weight is 328 g/mol. The van der Waals surface area contributed by atoms with Crippen molar-refractivity contribution in [3.63, 3.8) is 0 Å². The van der Waals surface area contributed by atoms with Gasteiger partial charge in [0, 0.05) is 39.4 Å². The molecule has 0 bridgehead atoms. The van der Waals surface area contributed by atoms with Crippen LogP contribution in [0, 0.1) is 12.8 Å². The van der Waals surface area contributed by atoms with Crippen LogP contribution in [0.3, 0.4) is 0 Å². The van der Waals surface area contributed by atoms with Gasteiger partial charge in [-0.15, -0.1) is 0 Å². The zero-order chi connectivity index (χ0) is 16.7. The molecule has 128 valence electrons. The zero-order valence-electron chi connectivity index (χ0n) is 14.3. The Balaban J connectivity index is 1.49. The Morgan fingerprint density at radius 3 is 2.96 bits per heavy atom. The van der Waals surface area contributed by atoms with E-state index in [1.165, 1.54) is 12.8 Å². The lowest BCUT2D eigenvalue weighted by atomic mass is 10.1. The van der Waals surface area contributed by atoms with Crippen molar-refractivity contribution in [2.75, 3.05) is 13.1 Å². The normalized spacial score (nSPS) is 20.8. The van der Waals surface area contributed by atoms with E-state index >= 15 is 0 Å². The summed E-state index contributed by atoms with van der Waals surface area (Å²) in [5.41, 5.74) is 3.28. The van der Waals surface area contributed by atoms with Gasteiger partial charge in [0.1, 0.15) is 6.04 Å². The fraction of sp³-hybridized carbons (Fsp3) is 0.588. The number of imidazole rings is 1. The summed E-state index contributed by atoms with van der Waals surface area (Å²) in [6.45, 7) is 5.10. The number of rotatable bonds is 5. The van der Waals surface area contributed by atoms with Crippen LogP contribution in [0.25, 0.3) is 0 Å². The lowest BCUT2D eigenvalue weighted by Crippen LogP contribution is -2.44. The molecule has 1 saturated carbocycles. The van der Waals surface area contributed by atoms with Crippen LogP contribution in [0.5, 0.6) is 0 Å². The number of carbonyl (C=O) groups is 1. The Kier molecular flexibility index (Phi) is 3.88. The third-order valence-corrected chi connectivity index (χ3v) is 4.95. The lowest BCUT2D eigenvalue weighted by molar-refractivity contribution is -0.125. The molecule has 2 aliphatic rings. The molecule has 0 aromatic carbocycles. The van der Waals surface area contributed by atoms with Crippen LogP contribution < -0.4 is 5.32 Å². The number of nitrogens with zero attached hydrogens (tertiary/aromatic N) is 5. The maximum atomic E-state index is 12.7. The summed E-state index contributed by atoms with van der Waals surface area (Å²) in [7, 11) is 1.97. The summed E-state index contributed by atoms with van der Waals surface area (Å²) in [6, 6.07) is 1.90. The molecule has 1 N–H and O–H groups in total. The van der Waals surface area contributed by atoms with Crippen LogP contribution >= 0.6 is 0 Å². The Morgan fingerprint density at radius 1 is 1.42 bits per heavy atom. The molecule has 1 aliphatic carbocycles. The van der Waals surface area contributed by atoms with Crippen LogP contribution in [-0.2, 0) is 24.9 Å². The third-order valence-electron chi connectivity index (χ3n) is 4.95. The van der Waals surface area contributed by atoms with E-state index in [1.807, 2.05) is 29.4 Å². The number of nitrogens with one attached hydrogen (secondary N) is 1. The van der Waals surface area contributed by atoms with E-state index in [0.29, 0.717) is 12.5 Å². The van der Waals surface area contributed by atoms with Crippen LogP contribution in [0.4, 0.5) is 0 Å². The molecule has 2 aromatic heterocycles. The Labute approximate surface area is 141 Å². The fourth-order valence-corrected chi connectivity index (χ4v) is 3.42. The van der Waals surface area contributed by atoms with E-state index in [2.05, 4.69) is 26.4 Å². The van der Waals surface area contributed by atoms with Crippen molar-refractivity contribution in [3.8, 4) is 0 Å². The smallest absolute Gasteiger partial charge is 0.244 e. The SMILES string of the molecule is Cc1cc(CN2Cc3cncn3[C@@H](C(=O)NCC3CC3)C2)n(C)n1. The van der Waals surface area contributed by atoms with E-state index in [1.54, 1.807) is 6.33 Å². The van der Waals surface area contributed by atoms with Crippen molar-refractivity contribution in [1.82, 2.24) is 29.5 Å². The first-order valence-corrected chi connectivity index (χ1v) is 8.60. The minimum Gasteiger partial charge on any atom is -0.354 e. The number of amides is 1. The van der Waals surface area contributed by atoms with Crippen molar-refractivity contribution in [3.05, 3.63) is 35.7 Å². The minimum absolute atomic E-state index is 0.104. The van der Waals surface area contributed by atoms with E-state index in [9.17, 15) is 4.79 Å². The van der Waals surface area contributed by atoms with Gasteiger partial charge in [-0.2, -0.15) is 5.10 Å². The molecule has 1 amide bonds. The predicted octanol–water partition coefficient (Wildman–Crippen LogP) is 1.01. The van der Waals surface area contributed by atoms with Crippen LogP contribution in [0.15, 0.2) is 18.6 Å². The summed E-state index contributed by atoms with van der Waals surface area (Å²) in [4.78, 5) is 19.2. The molecule has 24 heavy (non-hydrogen) atoms. The van der Waals surface area contributed by atoms with Gasteiger partial charge in [-0.3, -0.25) is 14.4 Å². The molecule has 4 rings (SSSR count). The highest BCUT2D eigenvalue weighted by molar-refractivity contribution is 5.80. The highest BCUT2D eigenvalue weighted by Gasteiger charge is 2.31. The number of carbonyl (C=O) groups excluding carboxylic acids is 1. The van der Waals surface area contributed by atoms with Crippen LogP contribution in [0.1, 0.15) is 36.0 Å². The van der Waals surface area contributed by atoms with Gasteiger partial charge in [-0.25, -0.2) is 4.98 Å². The molecule has 7 heteroatoms. The molecule has 0 unspecified atom stereocenters. The zero-order valence-corrected chi connectivity index (χ0v) is 14.3. The molecule has 0 spiro atoms. The van der Waals surface area contributed by atoms with Crippen molar-refractivity contribution < 1.29 is 4.79 Å². The first-order valence-electron chi connectivity index (χ1n) is 8.60. The number of fused-ring (bicyclic) bond motifs is 1. The van der Waals surface area contributed by atoms with Gasteiger partial charge >= 0.3 is 0 Å². The highest BCUT2D eigenvalue weighted by Crippen LogP contribution is 2.28. The fourth-order valence-electron chi connectivity index (χ4n) is 3.42. The number of hydrogen-bond donors (Lipinski definition) is 1. The Morgan fingerprint density at radius 2 is 2.25 bits per heavy atom. The van der Waals surface area contributed by atoms with Crippen molar-refractivity contribution in [2.24, 2.45) is 13.0 Å². The maximum absolute atomic E-state index is 12.7. The molecule has 2 aromatic rings. The molecule has 0 radical (unpaired) electrons. The molecule has 0 saturated heterocycles. The summed E-state index contributed by atoms with van der Waals surface area (Å²) in [5.74, 6) is 0.792. The average Bonchev–Trinajstić information content (AvgIpc) is 3.17. The van der Waals surface area contributed by atoms with Gasteiger partial charge in [-0.1, -0.05) is 0 Å². The molecule has 1 fully saturated rings. The first kappa shape index (κ1) is 15.4. The molecular formula is C17H24N6O. The van der Waals surface area contributed by atoms with Gasteiger partial charge in [-0.05, 0) is 31.7 Å². The predicted molar refractivity (Wildman–Crippen MR) is 89.1 cm³/mol. The molecular weight excluding hydrogens is 304 g/mol. The van der Waals surface area contributed by atoms with Gasteiger partial charge in [0.05, 0.1) is 23.4 Å². The van der Waals surface area contributed by atoms with Gasteiger partial charge in [0.15, 0.2) is 0 Å². The minimum atomic E-state index is -0.204. The van der Waals surface area contributed by atoms with Crippen LogP contribution in [0.2, 0.25) is 0 Å². The second-order valence-corrected chi connectivity index (χ2v) is 7.07. The van der Waals surface area contributed by atoms with Gasteiger partial charge in [0.2, 0.25) is 5.91 Å². The third kappa shape index (κ3) is 3.08. The summed E-state index contributed by atoms with van der Waals surface area (Å²) in [6.07, 6.45) is 6.13. The largest absolute Gasteiger partial charge is 0.354 e. The Bertz CT molecular complexity index is 744. The summed E-state index contributed by atoms with van der Waals surface area (Å²) >= 11 is 0. The molecule has 7 nitrogen and oxygen atoms in total.